The van der Waals surface area contributed by atoms with Crippen LogP contribution in [0.2, 0.25) is 0 Å². The van der Waals surface area contributed by atoms with Gasteiger partial charge in [0.1, 0.15) is 0 Å². The van der Waals surface area contributed by atoms with Crippen LogP contribution in [0.15, 0.2) is 0 Å². The number of nitrogens with one attached hydrogen (secondary N) is 1. The van der Waals surface area contributed by atoms with Crippen LogP contribution in [0.4, 0.5) is 0 Å². The van der Waals surface area contributed by atoms with Crippen LogP contribution in [0.5, 0.6) is 0 Å². The third-order valence-corrected chi connectivity index (χ3v) is 4.88. The number of hydrogen-bond acceptors (Lipinski definition) is 4. The first kappa shape index (κ1) is 13.7. The number of carbonyl (C=O) groups excluding carboxylic acids is 1. The van der Waals surface area contributed by atoms with Gasteiger partial charge in [-0.3, -0.25) is 4.79 Å². The molecule has 0 spiro atoms. The van der Waals surface area contributed by atoms with Crippen LogP contribution < -0.4 is 0 Å². The highest BCUT2D eigenvalue weighted by Gasteiger charge is 2.24. The maximum absolute atomic E-state index is 12.2. The van der Waals surface area contributed by atoms with Gasteiger partial charge < -0.3 is 14.8 Å². The lowest BCUT2D eigenvalue weighted by Gasteiger charge is -2.37. The Morgan fingerprint density at radius 3 is 2.83 bits per heavy atom. The largest absolute Gasteiger partial charge is 0.341 e. The maximum Gasteiger partial charge on any atom is 0.227 e. The molecule has 0 bridgehead atoms. The lowest BCUT2D eigenvalue weighted by molar-refractivity contribution is -0.133. The summed E-state index contributed by atoms with van der Waals surface area (Å²) < 4.78 is 0.752. The summed E-state index contributed by atoms with van der Waals surface area (Å²) in [5.74, 6) is 0.211. The Kier molecular flexibility index (Phi) is 4.19. The first-order valence-corrected chi connectivity index (χ1v) is 7.36. The third-order valence-electron chi connectivity index (χ3n) is 3.55. The van der Waals surface area contributed by atoms with Crippen LogP contribution >= 0.6 is 23.6 Å². The molecule has 0 saturated carbocycles. The van der Waals surface area contributed by atoms with E-state index in [1.54, 1.807) is 0 Å². The van der Waals surface area contributed by atoms with Crippen LogP contribution in [-0.4, -0.2) is 53.4 Å². The Balaban J connectivity index is 2.00. The van der Waals surface area contributed by atoms with Crippen molar-refractivity contribution in [2.24, 2.45) is 0 Å². The Morgan fingerprint density at radius 2 is 2.28 bits per heavy atom. The summed E-state index contributed by atoms with van der Waals surface area (Å²) >= 11 is 6.60. The van der Waals surface area contributed by atoms with Crippen molar-refractivity contribution in [2.75, 3.05) is 26.7 Å². The first-order chi connectivity index (χ1) is 8.47. The molecule has 4 nitrogen and oxygen atoms in total. The Labute approximate surface area is 117 Å². The van der Waals surface area contributed by atoms with Crippen LogP contribution in [0.25, 0.3) is 0 Å². The number of aromatic amines is 1. The molecule has 1 unspecified atom stereocenters. The topological polar surface area (TPSA) is 39.3 Å². The normalized spacial score (nSPS) is 21.3. The van der Waals surface area contributed by atoms with Crippen molar-refractivity contribution in [1.82, 2.24) is 14.8 Å². The van der Waals surface area contributed by atoms with Gasteiger partial charge in [0.15, 0.2) is 3.95 Å². The molecular weight excluding hydrogens is 266 g/mol. The Hall–Kier alpha value is -0.720. The number of likely N-dealkylation sites (N-methyl/N-ethyl adjacent to an activating group) is 1. The van der Waals surface area contributed by atoms with Crippen LogP contribution in [0.1, 0.15) is 17.5 Å². The van der Waals surface area contributed by atoms with Crippen molar-refractivity contribution in [3.8, 4) is 0 Å². The standard InChI is InChI=1S/C12H19N3OS2/c1-8-7-15(5-4-14(8)3)11(16)6-10-9(2)13-12(17)18-10/h8H,4-7H2,1-3H3,(H,13,17). The minimum absolute atomic E-state index is 0.211. The summed E-state index contributed by atoms with van der Waals surface area (Å²) in [5, 5.41) is 0. The lowest BCUT2D eigenvalue weighted by atomic mass is 10.2. The number of piperazine rings is 1. The van der Waals surface area contributed by atoms with Gasteiger partial charge in [0, 0.05) is 36.2 Å². The maximum atomic E-state index is 12.2. The number of H-pyrrole nitrogens is 1. The van der Waals surface area contributed by atoms with Gasteiger partial charge in [-0.1, -0.05) is 0 Å². The molecule has 18 heavy (non-hydrogen) atoms. The molecule has 1 aromatic rings. The van der Waals surface area contributed by atoms with Crippen molar-refractivity contribution in [3.05, 3.63) is 14.5 Å². The number of thiazole rings is 1. The van der Waals surface area contributed by atoms with E-state index in [-0.39, 0.29) is 5.91 Å². The second-order valence-electron chi connectivity index (χ2n) is 4.91. The van der Waals surface area contributed by atoms with Gasteiger partial charge in [0.25, 0.3) is 0 Å². The van der Waals surface area contributed by atoms with Crippen molar-refractivity contribution in [1.29, 1.82) is 0 Å². The minimum Gasteiger partial charge on any atom is -0.341 e. The smallest absolute Gasteiger partial charge is 0.227 e. The van der Waals surface area contributed by atoms with E-state index in [0.29, 0.717) is 12.5 Å². The Bertz CT molecular complexity index is 494. The lowest BCUT2D eigenvalue weighted by Crippen LogP contribution is -2.52. The molecule has 1 aromatic heterocycles. The zero-order valence-corrected chi connectivity index (χ0v) is 12.7. The Morgan fingerprint density at radius 1 is 1.56 bits per heavy atom. The predicted octanol–water partition coefficient (Wildman–Crippen LogP) is 1.82. The minimum atomic E-state index is 0.211. The summed E-state index contributed by atoms with van der Waals surface area (Å²) in [6, 6.07) is 0.438. The second kappa shape index (κ2) is 5.50. The molecule has 1 fully saturated rings. The summed E-state index contributed by atoms with van der Waals surface area (Å²) in [6.07, 6.45) is 0.472. The van der Waals surface area contributed by atoms with E-state index >= 15 is 0 Å². The van der Waals surface area contributed by atoms with Gasteiger partial charge in [-0.25, -0.2) is 0 Å². The second-order valence-corrected chi connectivity index (χ2v) is 6.68. The van der Waals surface area contributed by atoms with Crippen LogP contribution in [-0.2, 0) is 11.2 Å². The van der Waals surface area contributed by atoms with E-state index in [4.69, 9.17) is 12.2 Å². The number of nitrogens with zero attached hydrogens (tertiary/aromatic N) is 2. The fourth-order valence-corrected chi connectivity index (χ4v) is 3.41. The zero-order chi connectivity index (χ0) is 13.3. The van der Waals surface area contributed by atoms with Gasteiger partial charge in [0.2, 0.25) is 5.91 Å². The first-order valence-electron chi connectivity index (χ1n) is 6.14. The summed E-state index contributed by atoms with van der Waals surface area (Å²) in [4.78, 5) is 20.7. The number of aryl methyl sites for hydroxylation is 1. The van der Waals surface area contributed by atoms with Gasteiger partial charge >= 0.3 is 0 Å². The van der Waals surface area contributed by atoms with Crippen LogP contribution in [0.3, 0.4) is 0 Å². The highest BCUT2D eigenvalue weighted by Crippen LogP contribution is 2.17. The molecule has 0 aromatic carbocycles. The van der Waals surface area contributed by atoms with Crippen molar-refractivity contribution in [3.63, 3.8) is 0 Å². The molecule has 6 heteroatoms. The molecule has 2 heterocycles. The molecule has 1 aliphatic heterocycles. The predicted molar refractivity (Wildman–Crippen MR) is 76.6 cm³/mol. The highest BCUT2D eigenvalue weighted by molar-refractivity contribution is 7.73. The quantitative estimate of drug-likeness (QED) is 0.843. The van der Waals surface area contributed by atoms with Gasteiger partial charge in [-0.2, -0.15) is 0 Å². The van der Waals surface area contributed by atoms with Crippen molar-refractivity contribution in [2.45, 2.75) is 26.3 Å². The number of aromatic nitrogens is 1. The molecular formula is C12H19N3OS2. The average Bonchev–Trinajstić information content (AvgIpc) is 2.61. The summed E-state index contributed by atoms with van der Waals surface area (Å²) in [7, 11) is 2.11. The fraction of sp³-hybridized carbons (Fsp3) is 0.667. The van der Waals surface area contributed by atoms with E-state index in [0.717, 1.165) is 34.2 Å². The SMILES string of the molecule is Cc1[nH]c(=S)sc1CC(=O)N1CCN(C)C(C)C1. The molecule has 1 atom stereocenters. The molecule has 100 valence electrons. The fourth-order valence-electron chi connectivity index (χ4n) is 2.13. The number of amides is 1. The zero-order valence-electron chi connectivity index (χ0n) is 11.0. The van der Waals surface area contributed by atoms with Gasteiger partial charge in [0.05, 0.1) is 6.42 Å². The summed E-state index contributed by atoms with van der Waals surface area (Å²) in [6.45, 7) is 6.74. The number of carbonyl (C=O) groups is 1. The molecule has 2 rings (SSSR count). The van der Waals surface area contributed by atoms with Crippen molar-refractivity contribution < 1.29 is 4.79 Å². The van der Waals surface area contributed by atoms with E-state index < -0.39 is 0 Å². The molecule has 0 radical (unpaired) electrons. The highest BCUT2D eigenvalue weighted by atomic mass is 32.1. The summed E-state index contributed by atoms with van der Waals surface area (Å²) in [5.41, 5.74) is 1.03. The van der Waals surface area contributed by atoms with E-state index in [2.05, 4.69) is 23.9 Å². The van der Waals surface area contributed by atoms with Gasteiger partial charge in [-0.15, -0.1) is 11.3 Å². The molecule has 0 aliphatic carbocycles. The number of hydrogen-bond donors (Lipinski definition) is 1. The number of rotatable bonds is 2. The molecule has 1 amide bonds. The van der Waals surface area contributed by atoms with E-state index in [1.165, 1.54) is 11.3 Å². The molecule has 1 aliphatic rings. The monoisotopic (exact) mass is 285 g/mol. The van der Waals surface area contributed by atoms with Crippen LogP contribution in [0, 0.1) is 10.9 Å². The van der Waals surface area contributed by atoms with Crippen molar-refractivity contribution >= 4 is 29.5 Å². The van der Waals surface area contributed by atoms with E-state index in [1.807, 2.05) is 11.8 Å². The third kappa shape index (κ3) is 2.99. The van der Waals surface area contributed by atoms with E-state index in [9.17, 15) is 4.79 Å². The van der Waals surface area contributed by atoms with Gasteiger partial charge in [-0.05, 0) is 33.1 Å². The molecule has 1 N–H and O–H groups in total. The average molecular weight is 285 g/mol. The molecule has 1 saturated heterocycles.